The minimum atomic E-state index is 0.0394. The van der Waals surface area contributed by atoms with Crippen LogP contribution in [0, 0.1) is 17.2 Å². The highest BCUT2D eigenvalue weighted by Crippen LogP contribution is 2.28. The maximum atomic E-state index is 12.0. The lowest BCUT2D eigenvalue weighted by molar-refractivity contribution is -0.121. The van der Waals surface area contributed by atoms with E-state index in [1.807, 2.05) is 0 Å². The number of carbonyl (C=O) groups is 1. The van der Waals surface area contributed by atoms with Gasteiger partial charge in [0.15, 0.2) is 0 Å². The van der Waals surface area contributed by atoms with Gasteiger partial charge in [0.05, 0.1) is 17.2 Å². The zero-order valence-corrected chi connectivity index (χ0v) is 10.3. The predicted molar refractivity (Wildman–Crippen MR) is 65.0 cm³/mol. The van der Waals surface area contributed by atoms with Crippen LogP contribution in [0.5, 0.6) is 0 Å². The number of hydrogen-bond acceptors (Lipinski definition) is 3. The fourth-order valence-corrected chi connectivity index (χ4v) is 3.72. The Morgan fingerprint density at radius 2 is 2.12 bits per heavy atom. The third kappa shape index (κ3) is 2.70. The van der Waals surface area contributed by atoms with Crippen molar-refractivity contribution < 1.29 is 4.79 Å². The van der Waals surface area contributed by atoms with Gasteiger partial charge in [-0.25, -0.2) is 0 Å². The van der Waals surface area contributed by atoms with Gasteiger partial charge in [-0.05, 0) is 37.9 Å². The minimum Gasteiger partial charge on any atom is -0.351 e. The molecule has 3 nitrogen and oxygen atoms in total. The van der Waals surface area contributed by atoms with Gasteiger partial charge in [0.2, 0.25) is 5.91 Å². The van der Waals surface area contributed by atoms with Crippen LogP contribution in [0.3, 0.4) is 0 Å². The van der Waals surface area contributed by atoms with Crippen LogP contribution in [-0.2, 0) is 4.79 Å². The van der Waals surface area contributed by atoms with Crippen LogP contribution in [0.25, 0.3) is 0 Å². The first kappa shape index (κ1) is 11.8. The van der Waals surface area contributed by atoms with E-state index >= 15 is 0 Å². The molecule has 1 N–H and O–H groups in total. The first-order valence-electron chi connectivity index (χ1n) is 6.13. The molecule has 0 spiro atoms. The molecule has 0 radical (unpaired) electrons. The number of nitrogens with zero attached hydrogens (tertiary/aromatic N) is 1. The van der Waals surface area contributed by atoms with E-state index in [1.165, 1.54) is 6.42 Å². The Bertz CT molecular complexity index is 294. The van der Waals surface area contributed by atoms with E-state index in [-0.39, 0.29) is 23.1 Å². The Morgan fingerprint density at radius 3 is 2.81 bits per heavy atom. The van der Waals surface area contributed by atoms with Crippen molar-refractivity contribution in [1.29, 1.82) is 5.26 Å². The highest BCUT2D eigenvalue weighted by Gasteiger charge is 2.31. The molecule has 16 heavy (non-hydrogen) atoms. The van der Waals surface area contributed by atoms with Gasteiger partial charge in [-0.3, -0.25) is 4.79 Å². The molecule has 1 aliphatic heterocycles. The van der Waals surface area contributed by atoms with Gasteiger partial charge >= 0.3 is 0 Å². The number of rotatable bonds is 2. The van der Waals surface area contributed by atoms with Crippen molar-refractivity contribution in [1.82, 2.24) is 5.32 Å². The van der Waals surface area contributed by atoms with Gasteiger partial charge in [0.25, 0.3) is 0 Å². The van der Waals surface area contributed by atoms with Crippen molar-refractivity contribution in [2.75, 3.05) is 5.75 Å². The van der Waals surface area contributed by atoms with Gasteiger partial charge in [-0.2, -0.15) is 5.26 Å². The Morgan fingerprint density at radius 1 is 1.25 bits per heavy atom. The second-order valence-electron chi connectivity index (χ2n) is 4.64. The summed E-state index contributed by atoms with van der Waals surface area (Å²) in [7, 11) is 0. The van der Waals surface area contributed by atoms with Gasteiger partial charge in [0.1, 0.15) is 0 Å². The second-order valence-corrected chi connectivity index (χ2v) is 5.95. The molecule has 0 aromatic rings. The first-order chi connectivity index (χ1) is 7.81. The minimum absolute atomic E-state index is 0.0394. The quantitative estimate of drug-likeness (QED) is 0.801. The molecule has 1 aliphatic carbocycles. The summed E-state index contributed by atoms with van der Waals surface area (Å²) in [6.45, 7) is 0. The van der Waals surface area contributed by atoms with Crippen LogP contribution in [0.1, 0.15) is 38.5 Å². The molecule has 4 heteroatoms. The largest absolute Gasteiger partial charge is 0.351 e. The van der Waals surface area contributed by atoms with Crippen LogP contribution in [0.2, 0.25) is 0 Å². The van der Waals surface area contributed by atoms with Gasteiger partial charge in [-0.1, -0.05) is 6.42 Å². The van der Waals surface area contributed by atoms with Crippen molar-refractivity contribution in [3.8, 4) is 6.07 Å². The summed E-state index contributed by atoms with van der Waals surface area (Å²) >= 11 is 1.77. The van der Waals surface area contributed by atoms with E-state index in [0.717, 1.165) is 37.9 Å². The zero-order valence-electron chi connectivity index (χ0n) is 9.45. The highest BCUT2D eigenvalue weighted by molar-refractivity contribution is 8.00. The number of nitrogens with one attached hydrogen (secondary N) is 1. The van der Waals surface area contributed by atoms with E-state index in [9.17, 15) is 4.79 Å². The molecular weight excluding hydrogens is 220 g/mol. The van der Waals surface area contributed by atoms with E-state index in [0.29, 0.717) is 0 Å². The summed E-state index contributed by atoms with van der Waals surface area (Å²) < 4.78 is 0. The lowest BCUT2D eigenvalue weighted by Crippen LogP contribution is -2.42. The molecule has 2 aliphatic rings. The Hall–Kier alpha value is -0.690. The first-order valence-corrected chi connectivity index (χ1v) is 7.17. The fourth-order valence-electron chi connectivity index (χ4n) is 2.51. The average Bonchev–Trinajstić information content (AvgIpc) is 2.77. The number of nitriles is 1. The topological polar surface area (TPSA) is 52.9 Å². The van der Waals surface area contributed by atoms with Crippen LogP contribution >= 0.6 is 11.8 Å². The zero-order chi connectivity index (χ0) is 11.4. The predicted octanol–water partition coefficient (Wildman–Crippen LogP) is 2.08. The lowest BCUT2D eigenvalue weighted by Gasteiger charge is -2.23. The third-order valence-corrected chi connectivity index (χ3v) is 4.86. The lowest BCUT2D eigenvalue weighted by atomic mass is 10.1. The summed E-state index contributed by atoms with van der Waals surface area (Å²) in [5, 5.41) is 12.2. The van der Waals surface area contributed by atoms with Crippen LogP contribution in [-0.4, -0.2) is 23.0 Å². The molecule has 1 saturated heterocycles. The Labute approximate surface area is 101 Å². The molecule has 0 aromatic heterocycles. The monoisotopic (exact) mass is 238 g/mol. The second kappa shape index (κ2) is 5.58. The highest BCUT2D eigenvalue weighted by atomic mass is 32.2. The van der Waals surface area contributed by atoms with Crippen molar-refractivity contribution in [2.45, 2.75) is 49.8 Å². The van der Waals surface area contributed by atoms with E-state index in [1.54, 1.807) is 11.8 Å². The van der Waals surface area contributed by atoms with Crippen LogP contribution < -0.4 is 5.32 Å². The molecule has 1 amide bonds. The van der Waals surface area contributed by atoms with Crippen molar-refractivity contribution >= 4 is 17.7 Å². The number of hydrogen-bond donors (Lipinski definition) is 1. The summed E-state index contributed by atoms with van der Waals surface area (Å²) in [4.78, 5) is 12.0. The molecule has 1 heterocycles. The van der Waals surface area contributed by atoms with Gasteiger partial charge in [0, 0.05) is 6.04 Å². The van der Waals surface area contributed by atoms with E-state index in [2.05, 4.69) is 11.4 Å². The molecule has 3 atom stereocenters. The molecule has 3 unspecified atom stereocenters. The Balaban J connectivity index is 1.84. The molecule has 0 bridgehead atoms. The SMILES string of the molecule is N#CC1CCCC1NC(=O)C1CCCCS1. The van der Waals surface area contributed by atoms with Gasteiger partial charge < -0.3 is 5.32 Å². The standard InChI is InChI=1S/C12H18N2OS/c13-8-9-4-3-5-10(9)14-12(15)11-6-1-2-7-16-11/h9-11H,1-7H2,(H,14,15). The summed E-state index contributed by atoms with van der Waals surface area (Å²) in [6, 6.07) is 2.41. The number of carbonyl (C=O) groups excluding carboxylic acids is 1. The summed E-state index contributed by atoms with van der Waals surface area (Å²) in [5.41, 5.74) is 0. The van der Waals surface area contributed by atoms with Gasteiger partial charge in [-0.15, -0.1) is 11.8 Å². The third-order valence-electron chi connectivity index (χ3n) is 3.48. The molecular formula is C12H18N2OS. The van der Waals surface area contributed by atoms with Crippen molar-refractivity contribution in [3.05, 3.63) is 0 Å². The molecule has 2 rings (SSSR count). The molecule has 2 fully saturated rings. The molecule has 88 valence electrons. The normalized spacial score (nSPS) is 34.3. The van der Waals surface area contributed by atoms with Crippen LogP contribution in [0.15, 0.2) is 0 Å². The maximum absolute atomic E-state index is 12.0. The number of thioether (sulfide) groups is 1. The fraction of sp³-hybridized carbons (Fsp3) is 0.833. The average molecular weight is 238 g/mol. The van der Waals surface area contributed by atoms with E-state index in [4.69, 9.17) is 5.26 Å². The van der Waals surface area contributed by atoms with Crippen molar-refractivity contribution in [3.63, 3.8) is 0 Å². The number of amides is 1. The summed E-state index contributed by atoms with van der Waals surface area (Å²) in [6.07, 6.45) is 6.39. The maximum Gasteiger partial charge on any atom is 0.233 e. The smallest absolute Gasteiger partial charge is 0.233 e. The molecule has 1 saturated carbocycles. The Kier molecular flexibility index (Phi) is 4.11. The van der Waals surface area contributed by atoms with E-state index < -0.39 is 0 Å². The molecule has 0 aromatic carbocycles. The van der Waals surface area contributed by atoms with Crippen molar-refractivity contribution in [2.24, 2.45) is 5.92 Å². The summed E-state index contributed by atoms with van der Waals surface area (Å²) in [5.74, 6) is 1.30. The van der Waals surface area contributed by atoms with Crippen LogP contribution in [0.4, 0.5) is 0 Å².